The SMILES string of the molecule is CCCOc1cccc(C(=O)N(C)Cc2cc(C)on2)c1. The van der Waals surface area contributed by atoms with Crippen LogP contribution >= 0.6 is 0 Å². The van der Waals surface area contributed by atoms with Gasteiger partial charge in [-0.1, -0.05) is 18.1 Å². The van der Waals surface area contributed by atoms with Crippen LogP contribution in [0.3, 0.4) is 0 Å². The molecule has 0 radical (unpaired) electrons. The Labute approximate surface area is 124 Å². The summed E-state index contributed by atoms with van der Waals surface area (Å²) in [7, 11) is 1.74. The monoisotopic (exact) mass is 288 g/mol. The lowest BCUT2D eigenvalue weighted by molar-refractivity contribution is 0.0781. The van der Waals surface area contributed by atoms with Gasteiger partial charge in [-0.05, 0) is 31.5 Å². The molecule has 0 N–H and O–H groups in total. The highest BCUT2D eigenvalue weighted by molar-refractivity contribution is 5.94. The second-order valence-electron chi connectivity index (χ2n) is 4.97. The van der Waals surface area contributed by atoms with Crippen LogP contribution in [0.25, 0.3) is 0 Å². The highest BCUT2D eigenvalue weighted by atomic mass is 16.5. The van der Waals surface area contributed by atoms with Crippen molar-refractivity contribution >= 4 is 5.91 Å². The molecule has 2 rings (SSSR count). The Balaban J connectivity index is 2.04. The van der Waals surface area contributed by atoms with Crippen LogP contribution in [0.1, 0.15) is 35.2 Å². The average molecular weight is 288 g/mol. The normalized spacial score (nSPS) is 10.4. The van der Waals surface area contributed by atoms with E-state index in [1.807, 2.05) is 32.0 Å². The number of amides is 1. The molecule has 0 saturated heterocycles. The molecule has 1 aromatic heterocycles. The molecule has 1 heterocycles. The molecule has 5 nitrogen and oxygen atoms in total. The third-order valence-electron chi connectivity index (χ3n) is 2.98. The Hall–Kier alpha value is -2.30. The highest BCUT2D eigenvalue weighted by Crippen LogP contribution is 2.16. The first-order chi connectivity index (χ1) is 10.1. The first kappa shape index (κ1) is 15.1. The minimum Gasteiger partial charge on any atom is -0.494 e. The number of aromatic nitrogens is 1. The Kier molecular flexibility index (Phi) is 4.98. The predicted octanol–water partition coefficient (Wildman–Crippen LogP) is 3.04. The predicted molar refractivity (Wildman–Crippen MR) is 79.3 cm³/mol. The first-order valence-corrected chi connectivity index (χ1v) is 7.00. The summed E-state index contributed by atoms with van der Waals surface area (Å²) in [6.07, 6.45) is 0.934. The smallest absolute Gasteiger partial charge is 0.254 e. The number of rotatable bonds is 6. The summed E-state index contributed by atoms with van der Waals surface area (Å²) in [4.78, 5) is 14.0. The maximum absolute atomic E-state index is 12.4. The van der Waals surface area contributed by atoms with E-state index in [2.05, 4.69) is 5.16 Å². The van der Waals surface area contributed by atoms with Crippen LogP contribution in [0.15, 0.2) is 34.9 Å². The van der Waals surface area contributed by atoms with Crippen LogP contribution in [-0.4, -0.2) is 29.6 Å². The summed E-state index contributed by atoms with van der Waals surface area (Å²) < 4.78 is 10.6. The van der Waals surface area contributed by atoms with Crippen LogP contribution in [0.5, 0.6) is 5.75 Å². The van der Waals surface area contributed by atoms with Gasteiger partial charge in [0.05, 0.1) is 13.2 Å². The fourth-order valence-corrected chi connectivity index (χ4v) is 1.97. The van der Waals surface area contributed by atoms with Gasteiger partial charge in [-0.15, -0.1) is 0 Å². The third kappa shape index (κ3) is 4.08. The Morgan fingerprint density at radius 1 is 1.38 bits per heavy atom. The maximum atomic E-state index is 12.4. The number of carbonyl (C=O) groups is 1. The van der Waals surface area contributed by atoms with Crippen molar-refractivity contribution < 1.29 is 14.1 Å². The van der Waals surface area contributed by atoms with E-state index in [4.69, 9.17) is 9.26 Å². The quantitative estimate of drug-likeness (QED) is 0.819. The van der Waals surface area contributed by atoms with Crippen LogP contribution in [-0.2, 0) is 6.54 Å². The molecule has 0 atom stereocenters. The molecule has 1 amide bonds. The Bertz CT molecular complexity index is 607. The number of carbonyl (C=O) groups excluding carboxylic acids is 1. The van der Waals surface area contributed by atoms with Crippen LogP contribution in [0.4, 0.5) is 0 Å². The number of hydrogen-bond acceptors (Lipinski definition) is 4. The molecule has 112 valence electrons. The van der Waals surface area contributed by atoms with Crippen molar-refractivity contribution in [2.45, 2.75) is 26.8 Å². The molecular formula is C16H20N2O3. The summed E-state index contributed by atoms with van der Waals surface area (Å²) >= 11 is 0. The molecule has 5 heteroatoms. The van der Waals surface area contributed by atoms with Gasteiger partial charge in [-0.25, -0.2) is 0 Å². The minimum atomic E-state index is -0.0717. The number of benzene rings is 1. The zero-order valence-electron chi connectivity index (χ0n) is 12.6. The van der Waals surface area contributed by atoms with Gasteiger partial charge < -0.3 is 14.2 Å². The minimum absolute atomic E-state index is 0.0717. The van der Waals surface area contributed by atoms with Gasteiger partial charge in [0.1, 0.15) is 17.2 Å². The fraction of sp³-hybridized carbons (Fsp3) is 0.375. The van der Waals surface area contributed by atoms with Crippen molar-refractivity contribution in [2.75, 3.05) is 13.7 Å². The van der Waals surface area contributed by atoms with E-state index in [0.29, 0.717) is 24.5 Å². The Morgan fingerprint density at radius 3 is 2.86 bits per heavy atom. The standard InChI is InChI=1S/C16H20N2O3/c1-4-8-20-15-7-5-6-13(10-15)16(19)18(3)11-14-9-12(2)21-17-14/h5-7,9-10H,4,8,11H2,1-3H3. The molecule has 0 fully saturated rings. The molecule has 0 saturated carbocycles. The summed E-state index contributed by atoms with van der Waals surface area (Å²) in [5.74, 6) is 1.38. The third-order valence-corrected chi connectivity index (χ3v) is 2.98. The summed E-state index contributed by atoms with van der Waals surface area (Å²) in [5, 5.41) is 3.90. The first-order valence-electron chi connectivity index (χ1n) is 7.00. The van der Waals surface area contributed by atoms with E-state index in [-0.39, 0.29) is 5.91 Å². The molecule has 0 aliphatic carbocycles. The van der Waals surface area contributed by atoms with Crippen molar-refractivity contribution in [3.63, 3.8) is 0 Å². The van der Waals surface area contributed by atoms with Crippen molar-refractivity contribution in [1.82, 2.24) is 10.1 Å². The summed E-state index contributed by atoms with van der Waals surface area (Å²) in [6, 6.07) is 9.05. The highest BCUT2D eigenvalue weighted by Gasteiger charge is 2.14. The van der Waals surface area contributed by atoms with Gasteiger partial charge in [0, 0.05) is 18.7 Å². The van der Waals surface area contributed by atoms with Gasteiger partial charge >= 0.3 is 0 Å². The molecular weight excluding hydrogens is 268 g/mol. The number of hydrogen-bond donors (Lipinski definition) is 0. The zero-order chi connectivity index (χ0) is 15.2. The largest absolute Gasteiger partial charge is 0.494 e. The molecule has 0 spiro atoms. The van der Waals surface area contributed by atoms with E-state index < -0.39 is 0 Å². The Morgan fingerprint density at radius 2 is 2.19 bits per heavy atom. The van der Waals surface area contributed by atoms with Gasteiger partial charge in [0.25, 0.3) is 5.91 Å². The number of nitrogens with zero attached hydrogens (tertiary/aromatic N) is 2. The zero-order valence-corrected chi connectivity index (χ0v) is 12.6. The van der Waals surface area contributed by atoms with E-state index in [1.165, 1.54) is 0 Å². The average Bonchev–Trinajstić information content (AvgIpc) is 2.89. The van der Waals surface area contributed by atoms with Crippen LogP contribution in [0.2, 0.25) is 0 Å². The van der Waals surface area contributed by atoms with Crippen molar-refractivity contribution in [2.24, 2.45) is 0 Å². The van der Waals surface area contributed by atoms with Gasteiger partial charge in [0.2, 0.25) is 0 Å². The van der Waals surface area contributed by atoms with Crippen LogP contribution < -0.4 is 4.74 Å². The lowest BCUT2D eigenvalue weighted by Gasteiger charge is -2.16. The molecule has 0 aliphatic heterocycles. The van der Waals surface area contributed by atoms with Gasteiger partial charge in [-0.3, -0.25) is 4.79 Å². The van der Waals surface area contributed by atoms with E-state index in [0.717, 1.165) is 17.9 Å². The van der Waals surface area contributed by atoms with Crippen molar-refractivity contribution in [1.29, 1.82) is 0 Å². The molecule has 21 heavy (non-hydrogen) atoms. The maximum Gasteiger partial charge on any atom is 0.254 e. The lowest BCUT2D eigenvalue weighted by atomic mass is 10.2. The molecule has 0 aliphatic rings. The summed E-state index contributed by atoms with van der Waals surface area (Å²) in [5.41, 5.74) is 1.34. The van der Waals surface area contributed by atoms with Gasteiger partial charge in [-0.2, -0.15) is 0 Å². The second-order valence-corrected chi connectivity index (χ2v) is 4.97. The van der Waals surface area contributed by atoms with Crippen molar-refractivity contribution in [3.05, 3.63) is 47.3 Å². The molecule has 0 bridgehead atoms. The topological polar surface area (TPSA) is 55.6 Å². The fourth-order valence-electron chi connectivity index (χ4n) is 1.97. The number of ether oxygens (including phenoxy) is 1. The van der Waals surface area contributed by atoms with Crippen LogP contribution in [0, 0.1) is 6.92 Å². The second kappa shape index (κ2) is 6.92. The lowest BCUT2D eigenvalue weighted by Crippen LogP contribution is -2.26. The van der Waals surface area contributed by atoms with E-state index in [1.54, 1.807) is 24.1 Å². The molecule has 1 aromatic carbocycles. The van der Waals surface area contributed by atoms with Crippen molar-refractivity contribution in [3.8, 4) is 5.75 Å². The van der Waals surface area contributed by atoms with E-state index in [9.17, 15) is 4.79 Å². The van der Waals surface area contributed by atoms with E-state index >= 15 is 0 Å². The number of aryl methyl sites for hydroxylation is 1. The molecule has 2 aromatic rings. The molecule has 0 unspecified atom stereocenters. The van der Waals surface area contributed by atoms with Gasteiger partial charge in [0.15, 0.2) is 0 Å². The summed E-state index contributed by atoms with van der Waals surface area (Å²) in [6.45, 7) is 4.93.